The van der Waals surface area contributed by atoms with E-state index >= 15 is 0 Å². The summed E-state index contributed by atoms with van der Waals surface area (Å²) >= 11 is 0. The second-order valence-electron chi connectivity index (χ2n) is 13.6. The molecule has 1 fully saturated rings. The predicted molar refractivity (Wildman–Crippen MR) is 187 cm³/mol. The number of alkyl halides is 6. The van der Waals surface area contributed by atoms with Crippen LogP contribution in [0.2, 0.25) is 0 Å². The van der Waals surface area contributed by atoms with E-state index in [1.54, 1.807) is 32.9 Å². The summed E-state index contributed by atoms with van der Waals surface area (Å²) in [5, 5.41) is 0. The summed E-state index contributed by atoms with van der Waals surface area (Å²) in [6.07, 6.45) is -10.2. The van der Waals surface area contributed by atoms with Crippen LogP contribution in [0.25, 0.3) is 0 Å². The number of likely N-dealkylation sites (tertiary alicyclic amines) is 1. The number of benzene rings is 4. The first kappa shape index (κ1) is 40.7. The van der Waals surface area contributed by atoms with Crippen molar-refractivity contribution >= 4 is 26.1 Å². The molecule has 0 radical (unpaired) electrons. The first-order chi connectivity index (χ1) is 25.1. The third-order valence-electron chi connectivity index (χ3n) is 8.59. The van der Waals surface area contributed by atoms with E-state index in [2.05, 4.69) is 0 Å². The average molecular weight is 798 g/mol. The lowest BCUT2D eigenvalue weighted by Crippen LogP contribution is -2.54. The van der Waals surface area contributed by atoms with E-state index in [0.717, 1.165) is 62.0 Å². The van der Waals surface area contributed by atoms with Gasteiger partial charge in [-0.05, 0) is 80.4 Å². The highest BCUT2D eigenvalue weighted by Gasteiger charge is 2.50. The minimum atomic E-state index is -4.68. The van der Waals surface area contributed by atoms with E-state index < -0.39 is 93.5 Å². The summed E-state index contributed by atoms with van der Waals surface area (Å²) in [6.45, 7) is 2.88. The second kappa shape index (κ2) is 15.4. The Morgan fingerprint density at radius 3 is 1.24 bits per heavy atom. The lowest BCUT2D eigenvalue weighted by molar-refractivity contribution is -0.138. The number of ether oxygens (including phenoxy) is 1. The van der Waals surface area contributed by atoms with Gasteiger partial charge in [-0.2, -0.15) is 35.0 Å². The molecule has 1 aliphatic heterocycles. The molecule has 2 atom stereocenters. The van der Waals surface area contributed by atoms with Gasteiger partial charge in [0.15, 0.2) is 0 Å². The first-order valence-corrected chi connectivity index (χ1v) is 19.4. The van der Waals surface area contributed by atoms with Gasteiger partial charge in [0.1, 0.15) is 5.60 Å². The fourth-order valence-electron chi connectivity index (χ4n) is 5.99. The lowest BCUT2D eigenvalue weighted by atomic mass is 10.1. The fraction of sp³-hybridized carbons (Fsp3) is 0.324. The van der Waals surface area contributed by atoms with Crippen molar-refractivity contribution in [3.63, 3.8) is 0 Å². The minimum absolute atomic E-state index is 0.122. The molecule has 0 saturated carbocycles. The maximum Gasteiger partial charge on any atom is 0.416 e. The van der Waals surface area contributed by atoms with Gasteiger partial charge in [-0.15, -0.1) is 0 Å². The zero-order chi connectivity index (χ0) is 39.7. The highest BCUT2D eigenvalue weighted by Crippen LogP contribution is 2.35. The standard InChI is InChI=1S/C37H37F6N3O6S2/c1-35(2,3)52-34(47)44-24-32(45(53(48,49)30-10-6-4-7-11-30)22-26-14-18-28(19-15-26)36(38,39)40)33(25-44)46(54(50,51)31-12-8-5-9-13-31)23-27-16-20-29(21-17-27)37(41,42)43/h4-21,32-33H,22-25H2,1-3H3/t32-,33-/m0/s1. The molecule has 0 N–H and O–H groups in total. The van der Waals surface area contributed by atoms with Crippen LogP contribution in [0.5, 0.6) is 0 Å². The fourth-order valence-corrected chi connectivity index (χ4v) is 9.29. The van der Waals surface area contributed by atoms with Gasteiger partial charge in [0.25, 0.3) is 0 Å². The van der Waals surface area contributed by atoms with Crippen LogP contribution >= 0.6 is 0 Å². The summed E-state index contributed by atoms with van der Waals surface area (Å²) in [6, 6.07) is 19.0. The number of carbonyl (C=O) groups is 1. The van der Waals surface area contributed by atoms with Crippen LogP contribution in [0.15, 0.2) is 119 Å². The first-order valence-electron chi connectivity index (χ1n) is 16.5. The summed E-state index contributed by atoms with van der Waals surface area (Å²) in [5.41, 5.74) is -2.73. The van der Waals surface area contributed by atoms with Gasteiger partial charge < -0.3 is 9.64 Å². The zero-order valence-electron chi connectivity index (χ0n) is 29.3. The Hall–Kier alpha value is -4.45. The van der Waals surface area contributed by atoms with Gasteiger partial charge in [0, 0.05) is 26.2 Å². The Bertz CT molecular complexity index is 1990. The van der Waals surface area contributed by atoms with Crippen molar-refractivity contribution in [2.45, 2.75) is 73.7 Å². The molecule has 4 aromatic carbocycles. The normalized spacial score (nSPS) is 17.3. The van der Waals surface area contributed by atoms with E-state index in [0.29, 0.717) is 0 Å². The van der Waals surface area contributed by atoms with Gasteiger partial charge in [0.2, 0.25) is 20.0 Å². The van der Waals surface area contributed by atoms with E-state index in [-0.39, 0.29) is 20.9 Å². The zero-order valence-corrected chi connectivity index (χ0v) is 30.9. The molecule has 1 heterocycles. The van der Waals surface area contributed by atoms with Crippen molar-refractivity contribution in [3.8, 4) is 0 Å². The molecule has 9 nitrogen and oxygen atoms in total. The number of halogens is 6. The third-order valence-corrected chi connectivity index (χ3v) is 12.4. The summed E-state index contributed by atoms with van der Waals surface area (Å²) in [4.78, 5) is 14.3. The van der Waals surface area contributed by atoms with Crippen molar-refractivity contribution in [2.75, 3.05) is 13.1 Å². The SMILES string of the molecule is CC(C)(C)OC(=O)N1C[C@H](N(Cc2ccc(C(F)(F)F)cc2)S(=O)(=O)c2ccccc2)[C@@H](N(Cc2ccc(C(F)(F)F)cc2)S(=O)(=O)c2ccccc2)C1. The molecule has 54 heavy (non-hydrogen) atoms. The smallest absolute Gasteiger partial charge is 0.416 e. The van der Waals surface area contributed by atoms with Gasteiger partial charge in [-0.3, -0.25) is 0 Å². The molecule has 0 unspecified atom stereocenters. The lowest BCUT2D eigenvalue weighted by Gasteiger charge is -2.36. The molecule has 0 spiro atoms. The highest BCUT2D eigenvalue weighted by atomic mass is 32.2. The number of carbonyl (C=O) groups excluding carboxylic acids is 1. The third kappa shape index (κ3) is 9.43. The van der Waals surface area contributed by atoms with E-state index in [4.69, 9.17) is 4.74 Å². The number of rotatable bonds is 10. The number of hydrogen-bond donors (Lipinski definition) is 0. The summed E-state index contributed by atoms with van der Waals surface area (Å²) in [7, 11) is -9.18. The number of sulfonamides is 2. The average Bonchev–Trinajstić information content (AvgIpc) is 3.54. The summed E-state index contributed by atoms with van der Waals surface area (Å²) in [5.74, 6) is 0. The molecular formula is C37H37F6N3O6S2. The van der Waals surface area contributed by atoms with Crippen LogP contribution in [0.3, 0.4) is 0 Å². The Morgan fingerprint density at radius 2 is 0.944 bits per heavy atom. The van der Waals surface area contributed by atoms with Gasteiger partial charge in [0.05, 0.1) is 33.0 Å². The molecule has 4 aromatic rings. The van der Waals surface area contributed by atoms with E-state index in [1.807, 2.05) is 0 Å². The topological polar surface area (TPSA) is 104 Å². The summed E-state index contributed by atoms with van der Waals surface area (Å²) < 4.78 is 146. The number of nitrogens with zero attached hydrogens (tertiary/aromatic N) is 3. The molecule has 5 rings (SSSR count). The Kier molecular flexibility index (Phi) is 11.6. The number of hydrogen-bond acceptors (Lipinski definition) is 6. The molecule has 290 valence electrons. The molecule has 0 bridgehead atoms. The quantitative estimate of drug-likeness (QED) is 0.152. The van der Waals surface area contributed by atoms with Crippen molar-refractivity contribution in [1.29, 1.82) is 0 Å². The van der Waals surface area contributed by atoms with Crippen LogP contribution in [-0.2, 0) is 50.2 Å². The van der Waals surface area contributed by atoms with Crippen LogP contribution in [0.4, 0.5) is 31.1 Å². The van der Waals surface area contributed by atoms with Gasteiger partial charge in [-0.1, -0.05) is 60.7 Å². The predicted octanol–water partition coefficient (Wildman–Crippen LogP) is 7.79. The van der Waals surface area contributed by atoms with Crippen LogP contribution in [0, 0.1) is 0 Å². The molecular weight excluding hydrogens is 761 g/mol. The largest absolute Gasteiger partial charge is 0.444 e. The highest BCUT2D eigenvalue weighted by molar-refractivity contribution is 7.89. The minimum Gasteiger partial charge on any atom is -0.444 e. The monoisotopic (exact) mass is 797 g/mol. The Morgan fingerprint density at radius 1 is 0.611 bits per heavy atom. The van der Waals surface area contributed by atoms with Crippen LogP contribution in [0.1, 0.15) is 43.0 Å². The maximum absolute atomic E-state index is 14.6. The van der Waals surface area contributed by atoms with Gasteiger partial charge in [-0.25, -0.2) is 21.6 Å². The van der Waals surface area contributed by atoms with Crippen molar-refractivity contribution in [1.82, 2.24) is 13.5 Å². The molecule has 1 amide bonds. The molecule has 1 saturated heterocycles. The maximum atomic E-state index is 14.6. The second-order valence-corrected chi connectivity index (χ2v) is 17.4. The Labute approximate surface area is 309 Å². The molecule has 17 heteroatoms. The van der Waals surface area contributed by atoms with Crippen molar-refractivity contribution in [3.05, 3.63) is 131 Å². The molecule has 0 aromatic heterocycles. The number of amides is 1. The molecule has 1 aliphatic rings. The van der Waals surface area contributed by atoms with Crippen molar-refractivity contribution in [2.24, 2.45) is 0 Å². The van der Waals surface area contributed by atoms with E-state index in [9.17, 15) is 48.0 Å². The van der Waals surface area contributed by atoms with E-state index in [1.165, 1.54) is 48.5 Å². The van der Waals surface area contributed by atoms with Crippen LogP contribution < -0.4 is 0 Å². The van der Waals surface area contributed by atoms with Crippen molar-refractivity contribution < 1.29 is 52.7 Å². The van der Waals surface area contributed by atoms with Crippen LogP contribution in [-0.4, -0.2) is 67.2 Å². The van der Waals surface area contributed by atoms with Gasteiger partial charge >= 0.3 is 18.4 Å². The Balaban J connectivity index is 1.69. The molecule has 0 aliphatic carbocycles.